The van der Waals surface area contributed by atoms with E-state index in [1.165, 1.54) is 19.2 Å². The summed E-state index contributed by atoms with van der Waals surface area (Å²) in [6, 6.07) is 9.75. The molecule has 2 aromatic rings. The Kier molecular flexibility index (Phi) is 4.20. The van der Waals surface area contributed by atoms with Gasteiger partial charge >= 0.3 is 0 Å². The average molecular weight is 292 g/mol. The van der Waals surface area contributed by atoms with Gasteiger partial charge in [-0.3, -0.25) is 9.59 Å². The zero-order valence-electron chi connectivity index (χ0n) is 11.1. The van der Waals surface area contributed by atoms with Gasteiger partial charge in [-0.15, -0.1) is 0 Å². The van der Waals surface area contributed by atoms with E-state index >= 15 is 0 Å². The van der Waals surface area contributed by atoms with Gasteiger partial charge in [0.2, 0.25) is 0 Å². The Balaban J connectivity index is 2.17. The van der Waals surface area contributed by atoms with E-state index in [2.05, 4.69) is 10.4 Å². The number of aromatic nitrogens is 2. The summed E-state index contributed by atoms with van der Waals surface area (Å²) in [5.41, 5.74) is 0.749. The normalized spacial score (nSPS) is 11.9. The van der Waals surface area contributed by atoms with Crippen molar-refractivity contribution in [3.8, 4) is 0 Å². The van der Waals surface area contributed by atoms with E-state index in [0.29, 0.717) is 5.02 Å². The van der Waals surface area contributed by atoms with Crippen molar-refractivity contribution >= 4 is 17.5 Å². The molecule has 0 radical (unpaired) electrons. The van der Waals surface area contributed by atoms with Gasteiger partial charge in [-0.05, 0) is 24.6 Å². The zero-order chi connectivity index (χ0) is 14.7. The van der Waals surface area contributed by atoms with Gasteiger partial charge in [0.1, 0.15) is 5.69 Å². The van der Waals surface area contributed by atoms with Crippen LogP contribution in [0.3, 0.4) is 0 Å². The monoisotopic (exact) mass is 291 g/mol. The first-order valence-electron chi connectivity index (χ1n) is 6.08. The molecular weight excluding hydrogens is 278 g/mol. The fraction of sp³-hybridized carbons (Fsp3) is 0.214. The third-order valence-corrected chi connectivity index (χ3v) is 3.26. The number of rotatable bonds is 3. The Morgan fingerprint density at radius 1 is 1.30 bits per heavy atom. The van der Waals surface area contributed by atoms with Crippen molar-refractivity contribution < 1.29 is 4.79 Å². The van der Waals surface area contributed by atoms with Gasteiger partial charge in [0.15, 0.2) is 0 Å². The maximum Gasteiger partial charge on any atom is 0.272 e. The minimum absolute atomic E-state index is 0.186. The first-order valence-corrected chi connectivity index (χ1v) is 6.46. The molecule has 0 bridgehead atoms. The summed E-state index contributed by atoms with van der Waals surface area (Å²) >= 11 is 6.08. The standard InChI is InChI=1S/C14H14ClN3O2/c1-9(10-5-3-4-6-11(10)15)16-14(20)12-7-8-13(19)18(2)17-12/h3-9H,1-2H3,(H,16,20)/t9-/m0/s1. The van der Waals surface area contributed by atoms with E-state index in [1.807, 2.05) is 25.1 Å². The second-order valence-corrected chi connectivity index (χ2v) is 4.80. The lowest BCUT2D eigenvalue weighted by atomic mass is 10.1. The van der Waals surface area contributed by atoms with E-state index < -0.39 is 0 Å². The predicted octanol–water partition coefficient (Wildman–Crippen LogP) is 1.92. The van der Waals surface area contributed by atoms with Crippen molar-refractivity contribution in [1.29, 1.82) is 0 Å². The third-order valence-electron chi connectivity index (χ3n) is 2.91. The molecule has 1 heterocycles. The van der Waals surface area contributed by atoms with E-state index in [4.69, 9.17) is 11.6 Å². The summed E-state index contributed by atoms with van der Waals surface area (Å²) in [7, 11) is 1.50. The third kappa shape index (κ3) is 3.05. The van der Waals surface area contributed by atoms with E-state index in [-0.39, 0.29) is 23.2 Å². The number of amides is 1. The molecule has 1 aromatic heterocycles. The number of hydrogen-bond acceptors (Lipinski definition) is 3. The molecule has 0 fully saturated rings. The first-order chi connectivity index (χ1) is 9.49. The van der Waals surface area contributed by atoms with Gasteiger partial charge in [0.05, 0.1) is 6.04 Å². The van der Waals surface area contributed by atoms with E-state index in [1.54, 1.807) is 6.07 Å². The van der Waals surface area contributed by atoms with Crippen molar-refractivity contribution in [2.45, 2.75) is 13.0 Å². The minimum atomic E-state index is -0.354. The Labute approximate surface area is 121 Å². The van der Waals surface area contributed by atoms with Crippen LogP contribution in [0.2, 0.25) is 5.02 Å². The van der Waals surface area contributed by atoms with Crippen LogP contribution < -0.4 is 10.9 Å². The molecule has 1 N–H and O–H groups in total. The molecule has 0 saturated heterocycles. The molecule has 1 aromatic carbocycles. The van der Waals surface area contributed by atoms with Crippen molar-refractivity contribution in [3.63, 3.8) is 0 Å². The van der Waals surface area contributed by atoms with Gasteiger partial charge in [-0.25, -0.2) is 4.68 Å². The quantitative estimate of drug-likeness (QED) is 0.940. The predicted molar refractivity (Wildman–Crippen MR) is 76.8 cm³/mol. The van der Waals surface area contributed by atoms with E-state index in [0.717, 1.165) is 10.2 Å². The molecule has 2 rings (SSSR count). The Morgan fingerprint density at radius 3 is 2.65 bits per heavy atom. The molecule has 0 aliphatic heterocycles. The lowest BCUT2D eigenvalue weighted by molar-refractivity contribution is 0.0932. The molecule has 1 amide bonds. The molecule has 104 valence electrons. The van der Waals surface area contributed by atoms with E-state index in [9.17, 15) is 9.59 Å². The highest BCUT2D eigenvalue weighted by atomic mass is 35.5. The molecule has 0 aliphatic rings. The highest BCUT2D eigenvalue weighted by Crippen LogP contribution is 2.22. The van der Waals surface area contributed by atoms with Crippen LogP contribution in [0.1, 0.15) is 29.0 Å². The second-order valence-electron chi connectivity index (χ2n) is 4.40. The first kappa shape index (κ1) is 14.3. The Bertz CT molecular complexity index is 697. The highest BCUT2D eigenvalue weighted by Gasteiger charge is 2.15. The molecular formula is C14H14ClN3O2. The molecule has 0 unspecified atom stereocenters. The molecule has 0 aliphatic carbocycles. The number of benzene rings is 1. The van der Waals surface area contributed by atoms with Gasteiger partial charge in [-0.1, -0.05) is 29.8 Å². The van der Waals surface area contributed by atoms with Crippen LogP contribution in [-0.2, 0) is 7.05 Å². The molecule has 0 saturated carbocycles. The summed E-state index contributed by atoms with van der Waals surface area (Å²) in [6.07, 6.45) is 0. The van der Waals surface area contributed by atoms with Gasteiger partial charge < -0.3 is 5.32 Å². The molecule has 5 nitrogen and oxygen atoms in total. The van der Waals surface area contributed by atoms with Crippen molar-refractivity contribution in [2.24, 2.45) is 7.05 Å². The summed E-state index contributed by atoms with van der Waals surface area (Å²) in [4.78, 5) is 23.3. The number of nitrogens with one attached hydrogen (secondary N) is 1. The van der Waals surface area contributed by atoms with Gasteiger partial charge in [-0.2, -0.15) is 5.10 Å². The number of carbonyl (C=O) groups is 1. The SMILES string of the molecule is C[C@H](NC(=O)c1ccc(=O)n(C)n1)c1ccccc1Cl. The second kappa shape index (κ2) is 5.88. The summed E-state index contributed by atoms with van der Waals surface area (Å²) in [6.45, 7) is 1.83. The van der Waals surface area contributed by atoms with Crippen molar-refractivity contribution in [1.82, 2.24) is 15.1 Å². The van der Waals surface area contributed by atoms with Gasteiger partial charge in [0, 0.05) is 18.1 Å². The zero-order valence-corrected chi connectivity index (χ0v) is 11.9. The number of hydrogen-bond donors (Lipinski definition) is 1. The number of halogens is 1. The molecule has 1 atom stereocenters. The largest absolute Gasteiger partial charge is 0.344 e. The summed E-state index contributed by atoms with van der Waals surface area (Å²) in [5.74, 6) is -0.354. The minimum Gasteiger partial charge on any atom is -0.344 e. The molecule has 0 spiro atoms. The lowest BCUT2D eigenvalue weighted by Gasteiger charge is -2.15. The van der Waals surface area contributed by atoms with Crippen LogP contribution in [-0.4, -0.2) is 15.7 Å². The lowest BCUT2D eigenvalue weighted by Crippen LogP contribution is -2.30. The van der Waals surface area contributed by atoms with Crippen LogP contribution in [0.25, 0.3) is 0 Å². The van der Waals surface area contributed by atoms with Gasteiger partial charge in [0.25, 0.3) is 11.5 Å². The van der Waals surface area contributed by atoms with Crippen LogP contribution in [0.4, 0.5) is 0 Å². The fourth-order valence-corrected chi connectivity index (χ4v) is 2.10. The van der Waals surface area contributed by atoms with Crippen molar-refractivity contribution in [2.75, 3.05) is 0 Å². The molecule has 6 heteroatoms. The number of aryl methyl sites for hydroxylation is 1. The maximum atomic E-state index is 12.1. The highest BCUT2D eigenvalue weighted by molar-refractivity contribution is 6.31. The van der Waals surface area contributed by atoms with Crippen LogP contribution >= 0.6 is 11.6 Å². The smallest absolute Gasteiger partial charge is 0.272 e. The van der Waals surface area contributed by atoms with Crippen LogP contribution in [0, 0.1) is 0 Å². The van der Waals surface area contributed by atoms with Crippen molar-refractivity contribution in [3.05, 3.63) is 63.0 Å². The Morgan fingerprint density at radius 2 is 2.00 bits per heavy atom. The fourth-order valence-electron chi connectivity index (χ4n) is 1.80. The number of nitrogens with zero attached hydrogens (tertiary/aromatic N) is 2. The Hall–Kier alpha value is -2.14. The average Bonchev–Trinajstić information content (AvgIpc) is 2.42. The van der Waals surface area contributed by atoms with Crippen LogP contribution in [0.15, 0.2) is 41.2 Å². The summed E-state index contributed by atoms with van der Waals surface area (Å²) < 4.78 is 1.12. The maximum absolute atomic E-state index is 12.1. The topological polar surface area (TPSA) is 64.0 Å². The molecule has 20 heavy (non-hydrogen) atoms. The summed E-state index contributed by atoms with van der Waals surface area (Å²) in [5, 5.41) is 7.29. The number of carbonyl (C=O) groups excluding carboxylic acids is 1. The van der Waals surface area contributed by atoms with Crippen LogP contribution in [0.5, 0.6) is 0 Å².